The second-order valence-electron chi connectivity index (χ2n) is 8.62. The normalized spacial score (nSPS) is 20.7. The number of imidazole rings is 1. The van der Waals surface area contributed by atoms with Crippen molar-refractivity contribution in [2.45, 2.75) is 25.2 Å². The number of H-pyrrole nitrogens is 1. The van der Waals surface area contributed by atoms with Crippen LogP contribution in [0.5, 0.6) is 0 Å². The Bertz CT molecular complexity index is 1410. The molecule has 6 nitrogen and oxygen atoms in total. The monoisotopic (exact) mass is 473 g/mol. The van der Waals surface area contributed by atoms with Gasteiger partial charge in [-0.25, -0.2) is 13.8 Å². The number of fused-ring (bicyclic) bond motifs is 1. The lowest BCUT2D eigenvalue weighted by Crippen LogP contribution is -2.56. The SMILES string of the molecule is O=C1C(C2CC2)[C@H](c2c(F)cc(-c3cnn(C(F)(F)F)c3)cc2F)N1c1ccc2nc[nH]c2c1. The van der Waals surface area contributed by atoms with Gasteiger partial charge in [-0.3, -0.25) is 4.79 Å². The van der Waals surface area contributed by atoms with E-state index in [0.29, 0.717) is 22.9 Å². The molecule has 2 aromatic carbocycles. The molecule has 34 heavy (non-hydrogen) atoms. The van der Waals surface area contributed by atoms with Crippen LogP contribution in [-0.2, 0) is 11.1 Å². The molecule has 3 heterocycles. The minimum atomic E-state index is -4.74. The summed E-state index contributed by atoms with van der Waals surface area (Å²) in [5, 5.41) is 3.22. The van der Waals surface area contributed by atoms with E-state index in [1.165, 1.54) is 11.2 Å². The van der Waals surface area contributed by atoms with Crippen LogP contribution in [0.25, 0.3) is 22.2 Å². The molecule has 6 rings (SSSR count). The summed E-state index contributed by atoms with van der Waals surface area (Å²) in [6, 6.07) is 6.20. The first-order valence-corrected chi connectivity index (χ1v) is 10.6. The van der Waals surface area contributed by atoms with E-state index in [1.54, 1.807) is 18.2 Å². The van der Waals surface area contributed by atoms with Gasteiger partial charge in [0, 0.05) is 23.0 Å². The number of nitrogens with zero attached hydrogens (tertiary/aromatic N) is 4. The Balaban J connectivity index is 1.41. The fourth-order valence-electron chi connectivity index (χ4n) is 4.74. The molecule has 0 radical (unpaired) electrons. The lowest BCUT2D eigenvalue weighted by atomic mass is 9.78. The molecule has 2 atom stereocenters. The van der Waals surface area contributed by atoms with Crippen molar-refractivity contribution in [2.75, 3.05) is 4.90 Å². The highest BCUT2D eigenvalue weighted by Gasteiger charge is 2.56. The highest BCUT2D eigenvalue weighted by atomic mass is 19.4. The van der Waals surface area contributed by atoms with E-state index in [9.17, 15) is 18.0 Å². The zero-order chi connectivity index (χ0) is 23.8. The second-order valence-corrected chi connectivity index (χ2v) is 8.62. The lowest BCUT2D eigenvalue weighted by molar-refractivity contribution is -0.212. The van der Waals surface area contributed by atoms with Crippen molar-refractivity contribution in [1.82, 2.24) is 19.7 Å². The highest BCUT2D eigenvalue weighted by Crippen LogP contribution is 2.55. The number of anilines is 1. The molecule has 0 spiro atoms. The number of hydrogen-bond donors (Lipinski definition) is 1. The Labute approximate surface area is 189 Å². The van der Waals surface area contributed by atoms with Crippen LogP contribution < -0.4 is 4.90 Å². The van der Waals surface area contributed by atoms with Gasteiger partial charge in [0.2, 0.25) is 5.91 Å². The van der Waals surface area contributed by atoms with Crippen molar-refractivity contribution < 1.29 is 26.7 Å². The number of alkyl halides is 3. The minimum Gasteiger partial charge on any atom is -0.345 e. The first kappa shape index (κ1) is 20.8. The Kier molecular flexibility index (Phi) is 4.36. The number of β-lactam (4-membered cyclic amide) rings is 1. The molecule has 1 aliphatic carbocycles. The van der Waals surface area contributed by atoms with Gasteiger partial charge < -0.3 is 9.88 Å². The number of carbonyl (C=O) groups is 1. The summed E-state index contributed by atoms with van der Waals surface area (Å²) < 4.78 is 69.0. The predicted octanol–water partition coefficient (Wildman–Crippen LogP) is 5.30. The molecule has 1 saturated heterocycles. The number of aromatic amines is 1. The average Bonchev–Trinajstić information content (AvgIpc) is 3.26. The maximum absolute atomic E-state index is 15.3. The van der Waals surface area contributed by atoms with Gasteiger partial charge in [-0.1, -0.05) is 0 Å². The van der Waals surface area contributed by atoms with Gasteiger partial charge in [0.1, 0.15) is 11.6 Å². The number of halogens is 5. The molecule has 174 valence electrons. The molecule has 11 heteroatoms. The Hall–Kier alpha value is -3.76. The van der Waals surface area contributed by atoms with E-state index < -0.39 is 29.9 Å². The first-order valence-electron chi connectivity index (χ1n) is 10.6. The standard InChI is InChI=1S/C23H16F5N5O/c24-15-5-12(13-8-31-32(9-13)23(26,27)28)6-16(25)20(15)21-19(11-1-2-11)22(34)33(21)14-3-4-17-18(7-14)30-10-29-17/h3-11,19,21H,1-2H2,(H,29,30)/t19?,21-/m1/s1. The van der Waals surface area contributed by atoms with Gasteiger partial charge in [-0.05, 0) is 54.7 Å². The molecule has 1 saturated carbocycles. The third-order valence-corrected chi connectivity index (χ3v) is 6.50. The van der Waals surface area contributed by atoms with Gasteiger partial charge >= 0.3 is 6.30 Å². The number of nitrogens with one attached hydrogen (secondary N) is 1. The van der Waals surface area contributed by atoms with Crippen molar-refractivity contribution in [1.29, 1.82) is 0 Å². The molecule has 2 aliphatic rings. The zero-order valence-electron chi connectivity index (χ0n) is 17.4. The Morgan fingerprint density at radius 3 is 2.41 bits per heavy atom. The largest absolute Gasteiger partial charge is 0.504 e. The van der Waals surface area contributed by atoms with Gasteiger partial charge in [-0.2, -0.15) is 9.78 Å². The van der Waals surface area contributed by atoms with Crippen molar-refractivity contribution in [2.24, 2.45) is 11.8 Å². The van der Waals surface area contributed by atoms with Crippen LogP contribution in [0.15, 0.2) is 49.1 Å². The summed E-state index contributed by atoms with van der Waals surface area (Å²) in [4.78, 5) is 21.5. The van der Waals surface area contributed by atoms with Crippen LogP contribution in [0.1, 0.15) is 24.4 Å². The van der Waals surface area contributed by atoms with E-state index in [1.807, 2.05) is 0 Å². The third-order valence-electron chi connectivity index (χ3n) is 6.50. The quantitative estimate of drug-likeness (QED) is 0.323. The number of amides is 1. The maximum Gasteiger partial charge on any atom is 0.504 e. The maximum atomic E-state index is 15.3. The molecule has 1 unspecified atom stereocenters. The molecular weight excluding hydrogens is 457 g/mol. The summed E-state index contributed by atoms with van der Waals surface area (Å²) in [6.07, 6.45) is -0.0609. The van der Waals surface area contributed by atoms with Crippen LogP contribution in [0, 0.1) is 23.5 Å². The fourth-order valence-corrected chi connectivity index (χ4v) is 4.74. The molecular formula is C23H16F5N5O. The molecule has 4 aromatic rings. The summed E-state index contributed by atoms with van der Waals surface area (Å²) in [7, 11) is 0. The number of benzene rings is 2. The van der Waals surface area contributed by atoms with Gasteiger partial charge in [0.25, 0.3) is 0 Å². The topological polar surface area (TPSA) is 66.8 Å². The van der Waals surface area contributed by atoms with E-state index >= 15 is 8.78 Å². The van der Waals surface area contributed by atoms with Crippen molar-refractivity contribution in [3.63, 3.8) is 0 Å². The van der Waals surface area contributed by atoms with Crippen LogP contribution in [0.2, 0.25) is 0 Å². The predicted molar refractivity (Wildman–Crippen MR) is 111 cm³/mol. The van der Waals surface area contributed by atoms with Gasteiger partial charge in [0.05, 0.1) is 35.5 Å². The average molecular weight is 473 g/mol. The fraction of sp³-hybridized carbons (Fsp3) is 0.261. The summed E-state index contributed by atoms with van der Waals surface area (Å²) in [5.74, 6) is -2.56. The van der Waals surface area contributed by atoms with Crippen LogP contribution in [0.4, 0.5) is 27.6 Å². The smallest absolute Gasteiger partial charge is 0.345 e. The number of hydrogen-bond acceptors (Lipinski definition) is 3. The Morgan fingerprint density at radius 2 is 1.76 bits per heavy atom. The third kappa shape index (κ3) is 3.17. The zero-order valence-corrected chi connectivity index (χ0v) is 17.4. The summed E-state index contributed by atoms with van der Waals surface area (Å²) >= 11 is 0. The minimum absolute atomic E-state index is 0.0492. The first-order chi connectivity index (χ1) is 16.2. The van der Waals surface area contributed by atoms with Crippen LogP contribution in [-0.4, -0.2) is 25.7 Å². The summed E-state index contributed by atoms with van der Waals surface area (Å²) in [5.41, 5.74) is 1.43. The molecule has 1 aliphatic heterocycles. The molecule has 2 aromatic heterocycles. The van der Waals surface area contributed by atoms with Gasteiger partial charge in [0.15, 0.2) is 0 Å². The van der Waals surface area contributed by atoms with Gasteiger partial charge in [-0.15, -0.1) is 13.2 Å². The summed E-state index contributed by atoms with van der Waals surface area (Å²) in [6.45, 7) is 0. The molecule has 2 fully saturated rings. The van der Waals surface area contributed by atoms with Crippen molar-refractivity contribution in [3.8, 4) is 11.1 Å². The van der Waals surface area contributed by atoms with Crippen molar-refractivity contribution in [3.05, 3.63) is 66.3 Å². The number of aromatic nitrogens is 4. The number of carbonyl (C=O) groups excluding carboxylic acids is 1. The highest BCUT2D eigenvalue weighted by molar-refractivity contribution is 6.04. The van der Waals surface area contributed by atoms with E-state index in [0.717, 1.165) is 31.2 Å². The Morgan fingerprint density at radius 1 is 1.03 bits per heavy atom. The molecule has 1 amide bonds. The van der Waals surface area contributed by atoms with Crippen LogP contribution >= 0.6 is 0 Å². The van der Waals surface area contributed by atoms with E-state index in [4.69, 9.17) is 0 Å². The van der Waals surface area contributed by atoms with E-state index in [2.05, 4.69) is 15.1 Å². The molecule has 0 bridgehead atoms. The van der Waals surface area contributed by atoms with Crippen LogP contribution in [0.3, 0.4) is 0 Å². The van der Waals surface area contributed by atoms with Crippen molar-refractivity contribution >= 4 is 22.6 Å². The van der Waals surface area contributed by atoms with E-state index in [-0.39, 0.29) is 33.2 Å². The lowest BCUT2D eigenvalue weighted by Gasteiger charge is -2.48. The number of rotatable bonds is 4. The molecule has 1 N–H and O–H groups in total. The second kappa shape index (κ2) is 7.12.